The van der Waals surface area contributed by atoms with E-state index < -0.39 is 0 Å². The van der Waals surface area contributed by atoms with Crippen LogP contribution in [0, 0.1) is 0 Å². The van der Waals surface area contributed by atoms with E-state index in [0.717, 1.165) is 24.6 Å². The molecule has 7 nitrogen and oxygen atoms in total. The van der Waals surface area contributed by atoms with E-state index in [1.165, 1.54) is 0 Å². The first-order valence-electron chi connectivity index (χ1n) is 8.61. The number of nitrogens with zero attached hydrogens (tertiary/aromatic N) is 5. The highest BCUT2D eigenvalue weighted by Crippen LogP contribution is 2.13. The van der Waals surface area contributed by atoms with Crippen molar-refractivity contribution in [1.29, 1.82) is 0 Å². The molecule has 1 saturated heterocycles. The van der Waals surface area contributed by atoms with E-state index in [0.29, 0.717) is 31.2 Å². The number of hydrogen-bond acceptors (Lipinski definition) is 3. The maximum Gasteiger partial charge on any atom is 0.242 e. The SMILES string of the molecule is CN=C(NCCn1cccn1)N1CCN(Cc2ccc(Cl)cc2)C(=O)C1. The number of piperazine rings is 1. The number of aromatic nitrogens is 2. The third-order valence-corrected chi connectivity index (χ3v) is 4.55. The Morgan fingerprint density at radius 3 is 2.77 bits per heavy atom. The Bertz CT molecular complexity index is 744. The average Bonchev–Trinajstić information content (AvgIpc) is 3.16. The molecule has 26 heavy (non-hydrogen) atoms. The van der Waals surface area contributed by atoms with Gasteiger partial charge in [0.15, 0.2) is 5.96 Å². The molecule has 1 amide bonds. The van der Waals surface area contributed by atoms with Crippen molar-refractivity contribution in [1.82, 2.24) is 24.9 Å². The van der Waals surface area contributed by atoms with Crippen LogP contribution in [0.1, 0.15) is 5.56 Å². The standard InChI is InChI=1S/C18H23ClN6O/c1-20-18(21-8-10-25-9-2-7-22-25)24-12-11-23(17(26)14-24)13-15-3-5-16(19)6-4-15/h2-7,9H,8,10-14H2,1H3,(H,20,21). The van der Waals surface area contributed by atoms with Crippen LogP contribution in [0.25, 0.3) is 0 Å². The molecule has 0 aliphatic carbocycles. The summed E-state index contributed by atoms with van der Waals surface area (Å²) in [6, 6.07) is 9.51. The van der Waals surface area contributed by atoms with Crippen molar-refractivity contribution >= 4 is 23.5 Å². The monoisotopic (exact) mass is 374 g/mol. The maximum absolute atomic E-state index is 12.5. The van der Waals surface area contributed by atoms with E-state index in [-0.39, 0.29) is 5.91 Å². The zero-order valence-corrected chi connectivity index (χ0v) is 15.6. The minimum Gasteiger partial charge on any atom is -0.354 e. The predicted molar refractivity (Wildman–Crippen MR) is 102 cm³/mol. The molecule has 1 aromatic carbocycles. The van der Waals surface area contributed by atoms with Crippen LogP contribution < -0.4 is 5.32 Å². The molecule has 1 fully saturated rings. The first kappa shape index (κ1) is 18.3. The van der Waals surface area contributed by atoms with Crippen LogP contribution in [0.2, 0.25) is 5.02 Å². The molecule has 0 spiro atoms. The lowest BCUT2D eigenvalue weighted by molar-refractivity contribution is -0.135. The number of nitrogens with one attached hydrogen (secondary N) is 1. The number of carbonyl (C=O) groups excluding carboxylic acids is 1. The van der Waals surface area contributed by atoms with Gasteiger partial charge in [0, 0.05) is 50.6 Å². The predicted octanol–water partition coefficient (Wildman–Crippen LogP) is 1.46. The van der Waals surface area contributed by atoms with Crippen LogP contribution >= 0.6 is 11.6 Å². The Morgan fingerprint density at radius 2 is 2.12 bits per heavy atom. The Hall–Kier alpha value is -2.54. The number of guanidine groups is 1. The number of rotatable bonds is 5. The maximum atomic E-state index is 12.5. The zero-order chi connectivity index (χ0) is 18.4. The smallest absolute Gasteiger partial charge is 0.242 e. The fraction of sp³-hybridized carbons (Fsp3) is 0.389. The van der Waals surface area contributed by atoms with E-state index in [9.17, 15) is 4.79 Å². The molecule has 8 heteroatoms. The van der Waals surface area contributed by atoms with E-state index >= 15 is 0 Å². The normalized spacial score (nSPS) is 15.5. The number of carbonyl (C=O) groups is 1. The van der Waals surface area contributed by atoms with E-state index in [2.05, 4.69) is 15.4 Å². The second-order valence-corrected chi connectivity index (χ2v) is 6.54. The number of halogens is 1. The van der Waals surface area contributed by atoms with Gasteiger partial charge in [0.1, 0.15) is 0 Å². The molecule has 0 unspecified atom stereocenters. The molecule has 1 aliphatic rings. The second kappa shape index (κ2) is 8.71. The molecular weight excluding hydrogens is 352 g/mol. The molecule has 1 N–H and O–H groups in total. The van der Waals surface area contributed by atoms with Crippen LogP contribution in [0.15, 0.2) is 47.7 Å². The summed E-state index contributed by atoms with van der Waals surface area (Å²) in [6.07, 6.45) is 3.68. The molecule has 0 saturated carbocycles. The van der Waals surface area contributed by atoms with Crippen molar-refractivity contribution in [3.05, 3.63) is 53.3 Å². The Morgan fingerprint density at radius 1 is 1.31 bits per heavy atom. The number of hydrogen-bond donors (Lipinski definition) is 1. The Kier molecular flexibility index (Phi) is 6.12. The summed E-state index contributed by atoms with van der Waals surface area (Å²) in [7, 11) is 1.74. The third kappa shape index (κ3) is 4.76. The highest BCUT2D eigenvalue weighted by Gasteiger charge is 2.25. The summed E-state index contributed by atoms with van der Waals surface area (Å²) >= 11 is 5.91. The van der Waals surface area contributed by atoms with Crippen molar-refractivity contribution in [2.75, 3.05) is 33.2 Å². The first-order chi connectivity index (χ1) is 12.7. The topological polar surface area (TPSA) is 65.8 Å². The molecule has 0 radical (unpaired) electrons. The Labute approximate surface area is 158 Å². The third-order valence-electron chi connectivity index (χ3n) is 4.30. The van der Waals surface area contributed by atoms with Gasteiger partial charge in [0.2, 0.25) is 5.91 Å². The molecule has 0 atom stereocenters. The molecule has 0 bridgehead atoms. The van der Waals surface area contributed by atoms with Crippen LogP contribution in [-0.2, 0) is 17.9 Å². The summed E-state index contributed by atoms with van der Waals surface area (Å²) in [5.74, 6) is 0.845. The molecular formula is C18H23ClN6O. The van der Waals surface area contributed by atoms with E-state index in [4.69, 9.17) is 11.6 Å². The van der Waals surface area contributed by atoms with Gasteiger partial charge in [0.05, 0.1) is 13.1 Å². The molecule has 1 aromatic heterocycles. The quantitative estimate of drug-likeness (QED) is 0.635. The van der Waals surface area contributed by atoms with Crippen LogP contribution in [0.5, 0.6) is 0 Å². The van der Waals surface area contributed by atoms with E-state index in [1.807, 2.05) is 51.0 Å². The summed E-state index contributed by atoms with van der Waals surface area (Å²) in [5.41, 5.74) is 1.08. The van der Waals surface area contributed by atoms with Crippen LogP contribution in [0.3, 0.4) is 0 Å². The number of benzene rings is 1. The molecule has 2 aromatic rings. The van der Waals surface area contributed by atoms with Gasteiger partial charge >= 0.3 is 0 Å². The minimum absolute atomic E-state index is 0.0984. The van der Waals surface area contributed by atoms with Crippen molar-refractivity contribution < 1.29 is 4.79 Å². The second-order valence-electron chi connectivity index (χ2n) is 6.11. The molecule has 3 rings (SSSR count). The first-order valence-corrected chi connectivity index (χ1v) is 8.99. The van der Waals surface area contributed by atoms with Crippen molar-refractivity contribution in [2.24, 2.45) is 4.99 Å². The van der Waals surface area contributed by atoms with Gasteiger partial charge in [0.25, 0.3) is 0 Å². The number of amides is 1. The lowest BCUT2D eigenvalue weighted by Gasteiger charge is -2.36. The highest BCUT2D eigenvalue weighted by atomic mass is 35.5. The fourth-order valence-corrected chi connectivity index (χ4v) is 3.04. The Balaban J connectivity index is 1.49. The lowest BCUT2D eigenvalue weighted by Crippen LogP contribution is -2.55. The van der Waals surface area contributed by atoms with Gasteiger partial charge in [-0.2, -0.15) is 5.10 Å². The van der Waals surface area contributed by atoms with E-state index in [1.54, 1.807) is 13.2 Å². The summed E-state index contributed by atoms with van der Waals surface area (Å²) < 4.78 is 1.86. The number of aliphatic imine (C=N–C) groups is 1. The fourth-order valence-electron chi connectivity index (χ4n) is 2.91. The zero-order valence-electron chi connectivity index (χ0n) is 14.8. The summed E-state index contributed by atoms with van der Waals surface area (Å²) in [4.78, 5) is 20.7. The highest BCUT2D eigenvalue weighted by molar-refractivity contribution is 6.30. The minimum atomic E-state index is 0.0984. The van der Waals surface area contributed by atoms with Gasteiger partial charge in [-0.15, -0.1) is 0 Å². The summed E-state index contributed by atoms with van der Waals surface area (Å²) in [5, 5.41) is 8.17. The van der Waals surface area contributed by atoms with Crippen molar-refractivity contribution in [3.8, 4) is 0 Å². The van der Waals surface area contributed by atoms with Gasteiger partial charge in [-0.25, -0.2) is 0 Å². The van der Waals surface area contributed by atoms with Crippen molar-refractivity contribution in [2.45, 2.75) is 13.1 Å². The van der Waals surface area contributed by atoms with Gasteiger partial charge in [-0.1, -0.05) is 23.7 Å². The molecule has 1 aliphatic heterocycles. The van der Waals surface area contributed by atoms with Gasteiger partial charge in [-0.3, -0.25) is 14.5 Å². The summed E-state index contributed by atoms with van der Waals surface area (Å²) in [6.45, 7) is 3.80. The average molecular weight is 375 g/mol. The lowest BCUT2D eigenvalue weighted by atomic mass is 10.2. The molecule has 2 heterocycles. The van der Waals surface area contributed by atoms with Crippen molar-refractivity contribution in [3.63, 3.8) is 0 Å². The molecule has 138 valence electrons. The van der Waals surface area contributed by atoms with Crippen LogP contribution in [0.4, 0.5) is 0 Å². The van der Waals surface area contributed by atoms with Gasteiger partial charge < -0.3 is 15.1 Å². The largest absolute Gasteiger partial charge is 0.354 e. The van der Waals surface area contributed by atoms with Gasteiger partial charge in [-0.05, 0) is 23.8 Å². The van der Waals surface area contributed by atoms with Crippen LogP contribution in [-0.4, -0.2) is 64.7 Å².